The van der Waals surface area contributed by atoms with Gasteiger partial charge in [-0.3, -0.25) is 14.8 Å². The number of nitrogens with zero attached hydrogens (tertiary/aromatic N) is 3. The summed E-state index contributed by atoms with van der Waals surface area (Å²) in [6.45, 7) is 17.3. The smallest absolute Gasteiger partial charge is 0.336 e. The Balaban J connectivity index is 0.000000567. The topological polar surface area (TPSA) is 72.4 Å². The number of carbonyl (C=O) groups excluding carboxylic acids is 2. The Hall–Kier alpha value is -2.24. The first kappa shape index (κ1) is 31.8. The molecule has 34 heavy (non-hydrogen) atoms. The minimum atomic E-state index is -0.297. The minimum absolute atomic E-state index is 0.244. The van der Waals surface area contributed by atoms with Gasteiger partial charge in [-0.2, -0.15) is 0 Å². The third kappa shape index (κ3) is 12.9. The SMILES string of the molecule is CC.CC1=C(N(C=O)CCC2CCCCC2)COC1=O.CCC(C)C.CCc1cnc(C)cn1. The lowest BCUT2D eigenvalue weighted by Gasteiger charge is -2.25. The van der Waals surface area contributed by atoms with Crippen LogP contribution in [0.1, 0.15) is 105 Å². The summed E-state index contributed by atoms with van der Waals surface area (Å²) in [7, 11) is 0. The number of aromatic nitrogens is 2. The number of hydrogen-bond acceptors (Lipinski definition) is 5. The van der Waals surface area contributed by atoms with E-state index < -0.39 is 0 Å². The maximum atomic E-state index is 11.3. The van der Waals surface area contributed by atoms with Crippen LogP contribution in [0.3, 0.4) is 0 Å². The minimum Gasteiger partial charge on any atom is -0.456 e. The highest BCUT2D eigenvalue weighted by atomic mass is 16.5. The number of hydrogen-bond donors (Lipinski definition) is 0. The van der Waals surface area contributed by atoms with Gasteiger partial charge in [-0.25, -0.2) is 4.79 Å². The molecule has 1 fully saturated rings. The van der Waals surface area contributed by atoms with E-state index in [0.717, 1.165) is 48.2 Å². The molecule has 0 spiro atoms. The van der Waals surface area contributed by atoms with Crippen LogP contribution in [0.2, 0.25) is 0 Å². The van der Waals surface area contributed by atoms with Crippen molar-refractivity contribution >= 4 is 12.4 Å². The molecular weight excluding hydrogens is 426 g/mol. The standard InChI is InChI=1S/C14H21NO3.C7H10N2.C5H12.C2H6/c1-11-13(9-18-14(11)17)15(10-16)8-7-12-5-3-2-4-6-12;1-3-7-5-8-6(2)4-9-7;1-4-5(2)3;1-2/h10,12H,2-9H2,1H3;4-5H,3H2,1-2H3;5H,4H2,1-3H3;1-2H3. The van der Waals surface area contributed by atoms with Crippen LogP contribution >= 0.6 is 0 Å². The number of carbonyl (C=O) groups is 2. The highest BCUT2D eigenvalue weighted by Crippen LogP contribution is 2.27. The van der Waals surface area contributed by atoms with Crippen molar-refractivity contribution in [3.8, 4) is 0 Å². The van der Waals surface area contributed by atoms with Crippen LogP contribution in [0.25, 0.3) is 0 Å². The zero-order chi connectivity index (χ0) is 25.9. The van der Waals surface area contributed by atoms with E-state index in [-0.39, 0.29) is 12.6 Å². The number of ether oxygens (including phenoxy) is 1. The van der Waals surface area contributed by atoms with Gasteiger partial charge >= 0.3 is 5.97 Å². The lowest BCUT2D eigenvalue weighted by atomic mass is 9.87. The summed E-state index contributed by atoms with van der Waals surface area (Å²) in [6.07, 6.45) is 14.3. The van der Waals surface area contributed by atoms with Crippen molar-refractivity contribution in [1.29, 1.82) is 0 Å². The fourth-order valence-electron chi connectivity index (χ4n) is 3.42. The largest absolute Gasteiger partial charge is 0.456 e. The van der Waals surface area contributed by atoms with Gasteiger partial charge in [-0.1, -0.05) is 80.1 Å². The molecule has 0 radical (unpaired) electrons. The second-order valence-electron chi connectivity index (χ2n) is 9.04. The molecule has 194 valence electrons. The van der Waals surface area contributed by atoms with Crippen molar-refractivity contribution < 1.29 is 14.3 Å². The second kappa shape index (κ2) is 19.1. The summed E-state index contributed by atoms with van der Waals surface area (Å²) in [6, 6.07) is 0. The average molecular weight is 476 g/mol. The normalized spacial score (nSPS) is 15.3. The summed E-state index contributed by atoms with van der Waals surface area (Å²) >= 11 is 0. The Morgan fingerprint density at radius 3 is 2.12 bits per heavy atom. The summed E-state index contributed by atoms with van der Waals surface area (Å²) in [5.74, 6) is 1.32. The fourth-order valence-corrected chi connectivity index (χ4v) is 3.42. The highest BCUT2D eigenvalue weighted by Gasteiger charge is 2.25. The molecule has 1 aliphatic heterocycles. The maximum absolute atomic E-state index is 11.3. The number of esters is 1. The summed E-state index contributed by atoms with van der Waals surface area (Å²) in [4.78, 5) is 32.3. The molecule has 6 nitrogen and oxygen atoms in total. The van der Waals surface area contributed by atoms with Gasteiger partial charge < -0.3 is 9.64 Å². The van der Waals surface area contributed by atoms with Crippen LogP contribution in [0.5, 0.6) is 0 Å². The van der Waals surface area contributed by atoms with Crippen LogP contribution in [-0.4, -0.2) is 40.4 Å². The van der Waals surface area contributed by atoms with Gasteiger partial charge in [0.05, 0.1) is 22.7 Å². The predicted molar refractivity (Wildman–Crippen MR) is 140 cm³/mol. The van der Waals surface area contributed by atoms with Gasteiger partial charge in [-0.05, 0) is 38.5 Å². The van der Waals surface area contributed by atoms with Gasteiger partial charge in [0, 0.05) is 18.9 Å². The molecule has 0 aromatic carbocycles. The lowest BCUT2D eigenvalue weighted by Crippen LogP contribution is -2.26. The van der Waals surface area contributed by atoms with E-state index in [4.69, 9.17) is 4.74 Å². The predicted octanol–water partition coefficient (Wildman–Crippen LogP) is 6.67. The van der Waals surface area contributed by atoms with E-state index in [2.05, 4.69) is 37.7 Å². The monoisotopic (exact) mass is 475 g/mol. The van der Waals surface area contributed by atoms with Gasteiger partial charge in [0.1, 0.15) is 6.61 Å². The van der Waals surface area contributed by atoms with Crippen LogP contribution in [0.15, 0.2) is 23.7 Å². The Kier molecular flexibility index (Phi) is 17.8. The first-order valence-corrected chi connectivity index (χ1v) is 13.2. The van der Waals surface area contributed by atoms with Crippen molar-refractivity contribution in [1.82, 2.24) is 14.9 Å². The summed E-state index contributed by atoms with van der Waals surface area (Å²) < 4.78 is 4.94. The van der Waals surface area contributed by atoms with E-state index in [0.29, 0.717) is 12.1 Å². The van der Waals surface area contributed by atoms with E-state index >= 15 is 0 Å². The van der Waals surface area contributed by atoms with E-state index in [1.54, 1.807) is 18.0 Å². The number of cyclic esters (lactones) is 1. The van der Waals surface area contributed by atoms with Crippen molar-refractivity contribution in [3.63, 3.8) is 0 Å². The van der Waals surface area contributed by atoms with Gasteiger partial charge in [0.25, 0.3) is 0 Å². The third-order valence-electron chi connectivity index (χ3n) is 6.07. The number of rotatable bonds is 7. The molecule has 1 amide bonds. The zero-order valence-corrected chi connectivity index (χ0v) is 23.0. The summed E-state index contributed by atoms with van der Waals surface area (Å²) in [5.41, 5.74) is 3.35. The van der Waals surface area contributed by atoms with Crippen molar-refractivity contribution in [3.05, 3.63) is 35.1 Å². The molecule has 2 aliphatic rings. The fraction of sp³-hybridized carbons (Fsp3) is 0.714. The first-order chi connectivity index (χ1) is 16.3. The molecule has 1 aliphatic carbocycles. The van der Waals surface area contributed by atoms with E-state index in [9.17, 15) is 9.59 Å². The third-order valence-corrected chi connectivity index (χ3v) is 6.07. The molecule has 0 saturated heterocycles. The number of amides is 1. The van der Waals surface area contributed by atoms with Gasteiger partial charge in [-0.15, -0.1) is 0 Å². The second-order valence-corrected chi connectivity index (χ2v) is 9.04. The Bertz CT molecular complexity index is 708. The molecule has 0 N–H and O–H groups in total. The molecule has 1 saturated carbocycles. The summed E-state index contributed by atoms with van der Waals surface area (Å²) in [5, 5.41) is 0. The average Bonchev–Trinajstić information content (AvgIpc) is 3.21. The van der Waals surface area contributed by atoms with Gasteiger partial charge in [0.15, 0.2) is 0 Å². The Labute approximate surface area is 208 Å². The van der Waals surface area contributed by atoms with Crippen LogP contribution < -0.4 is 0 Å². The molecule has 1 aromatic heterocycles. The van der Waals surface area contributed by atoms with Crippen molar-refractivity contribution in [2.45, 2.75) is 107 Å². The molecule has 1 aromatic rings. The first-order valence-electron chi connectivity index (χ1n) is 13.2. The molecule has 6 heteroatoms. The van der Waals surface area contributed by atoms with E-state index in [1.807, 2.05) is 27.0 Å². The maximum Gasteiger partial charge on any atom is 0.336 e. The lowest BCUT2D eigenvalue weighted by molar-refractivity contribution is -0.136. The Morgan fingerprint density at radius 2 is 1.71 bits per heavy atom. The van der Waals surface area contributed by atoms with Crippen LogP contribution in [-0.2, 0) is 20.7 Å². The quantitative estimate of drug-likeness (QED) is 0.325. The highest BCUT2D eigenvalue weighted by molar-refractivity contribution is 5.91. The molecule has 0 unspecified atom stereocenters. The molecule has 2 heterocycles. The Morgan fingerprint density at radius 1 is 1.09 bits per heavy atom. The molecule has 0 atom stereocenters. The van der Waals surface area contributed by atoms with Gasteiger partial charge in [0.2, 0.25) is 6.41 Å². The van der Waals surface area contributed by atoms with E-state index in [1.165, 1.54) is 38.5 Å². The molecule has 0 bridgehead atoms. The van der Waals surface area contributed by atoms with Crippen molar-refractivity contribution in [2.24, 2.45) is 11.8 Å². The zero-order valence-electron chi connectivity index (χ0n) is 23.0. The molecule has 3 rings (SSSR count). The molecular formula is C28H49N3O3. The van der Waals surface area contributed by atoms with Crippen molar-refractivity contribution in [2.75, 3.05) is 13.2 Å². The van der Waals surface area contributed by atoms with Crippen LogP contribution in [0, 0.1) is 18.8 Å². The van der Waals surface area contributed by atoms with Crippen LogP contribution in [0.4, 0.5) is 0 Å². The number of aryl methyl sites for hydroxylation is 2.